The molecule has 3 aromatic carbocycles. The Morgan fingerprint density at radius 2 is 1.93 bits per heavy atom. The van der Waals surface area contributed by atoms with Crippen molar-refractivity contribution in [3.05, 3.63) is 107 Å². The summed E-state index contributed by atoms with van der Waals surface area (Å²) >= 11 is 3.64. The number of rotatable bonds is 11. The molecule has 7 heteroatoms. The van der Waals surface area contributed by atoms with E-state index in [0.717, 1.165) is 45.3 Å². The molecule has 0 aliphatic heterocycles. The van der Waals surface area contributed by atoms with E-state index in [1.165, 1.54) is 6.07 Å². The van der Waals surface area contributed by atoms with Crippen molar-refractivity contribution in [1.29, 1.82) is 0 Å². The van der Waals surface area contributed by atoms with Gasteiger partial charge in [-0.15, -0.1) is 6.42 Å². The Morgan fingerprint density at radius 3 is 2.67 bits per heavy atom. The molecule has 1 N–H and O–H groups in total. The smallest absolute Gasteiger partial charge is 0.170 e. The van der Waals surface area contributed by atoms with Crippen LogP contribution in [-0.2, 0) is 17.2 Å². The number of hydrogen-bond acceptors (Lipinski definition) is 3. The molecule has 220 valence electrons. The minimum absolute atomic E-state index is 0.136. The first kappa shape index (κ1) is 30.3. The van der Waals surface area contributed by atoms with E-state index in [-0.39, 0.29) is 5.75 Å². The highest BCUT2D eigenvalue weighted by Gasteiger charge is 2.32. The van der Waals surface area contributed by atoms with Crippen LogP contribution < -0.4 is 4.74 Å². The van der Waals surface area contributed by atoms with E-state index in [0.29, 0.717) is 23.4 Å². The van der Waals surface area contributed by atoms with Crippen molar-refractivity contribution in [3.8, 4) is 35.2 Å². The zero-order valence-corrected chi connectivity index (χ0v) is 26.5. The van der Waals surface area contributed by atoms with Crippen LogP contribution in [0.15, 0.2) is 84.1 Å². The maximum absolute atomic E-state index is 15.1. The number of nitrogens with zero attached hydrogens (tertiary/aromatic N) is 2. The number of H-pyrrole nitrogens is 1. The lowest BCUT2D eigenvalue weighted by atomic mass is 9.76. The number of aromatic nitrogens is 3. The van der Waals surface area contributed by atoms with E-state index in [4.69, 9.17) is 20.9 Å². The van der Waals surface area contributed by atoms with Crippen molar-refractivity contribution in [1.82, 2.24) is 14.5 Å². The number of aromatic amines is 1. The first-order valence-electron chi connectivity index (χ1n) is 14.2. The summed E-state index contributed by atoms with van der Waals surface area (Å²) in [5, 5.41) is 0.844. The van der Waals surface area contributed by atoms with Crippen LogP contribution in [0.4, 0.5) is 4.39 Å². The minimum Gasteiger partial charge on any atom is -0.454 e. The van der Waals surface area contributed by atoms with Crippen LogP contribution in [-0.4, -0.2) is 26.7 Å². The molecule has 43 heavy (non-hydrogen) atoms. The molecule has 2 heterocycles. The Balaban J connectivity index is 1.47. The third-order valence-corrected chi connectivity index (χ3v) is 8.35. The molecule has 0 amide bonds. The summed E-state index contributed by atoms with van der Waals surface area (Å²) in [6.45, 7) is 10.4. The fourth-order valence-corrected chi connectivity index (χ4v) is 5.75. The van der Waals surface area contributed by atoms with Crippen LogP contribution in [0.5, 0.6) is 11.5 Å². The summed E-state index contributed by atoms with van der Waals surface area (Å²) in [6.07, 6.45) is 12.7. The lowest BCUT2D eigenvalue weighted by molar-refractivity contribution is 0.0234. The lowest BCUT2D eigenvalue weighted by Gasteiger charge is -2.29. The summed E-state index contributed by atoms with van der Waals surface area (Å²) in [4.78, 5) is 8.21. The van der Waals surface area contributed by atoms with Crippen LogP contribution in [0.3, 0.4) is 0 Å². The number of ether oxygens (including phenoxy) is 2. The third-order valence-electron chi connectivity index (χ3n) is 7.85. The number of halogens is 2. The van der Waals surface area contributed by atoms with E-state index in [2.05, 4.69) is 58.7 Å². The van der Waals surface area contributed by atoms with Crippen molar-refractivity contribution < 1.29 is 13.9 Å². The normalized spacial score (nSPS) is 13.0. The number of hydrogen-bond donors (Lipinski definition) is 1. The molecule has 0 bridgehead atoms. The number of fused-ring (bicyclic) bond motifs is 1. The maximum atomic E-state index is 15.1. The van der Waals surface area contributed by atoms with Crippen molar-refractivity contribution in [2.45, 2.75) is 44.6 Å². The van der Waals surface area contributed by atoms with Crippen LogP contribution in [0.2, 0.25) is 0 Å². The van der Waals surface area contributed by atoms with Crippen molar-refractivity contribution in [3.63, 3.8) is 0 Å². The van der Waals surface area contributed by atoms with Gasteiger partial charge in [-0.2, -0.15) is 0 Å². The van der Waals surface area contributed by atoms with Gasteiger partial charge in [0.1, 0.15) is 17.2 Å². The van der Waals surface area contributed by atoms with Crippen molar-refractivity contribution in [2.75, 3.05) is 6.61 Å². The molecular formula is C36H35BrFN3O2. The Morgan fingerprint density at radius 1 is 1.14 bits per heavy atom. The van der Waals surface area contributed by atoms with Gasteiger partial charge in [0, 0.05) is 64.0 Å². The van der Waals surface area contributed by atoms with Gasteiger partial charge in [0.2, 0.25) is 0 Å². The van der Waals surface area contributed by atoms with E-state index in [1.54, 1.807) is 12.3 Å². The Bertz CT molecular complexity index is 1830. The Hall–Kier alpha value is -4.12. The number of nitrogens with one attached hydrogen (secondary N) is 1. The second-order valence-corrected chi connectivity index (χ2v) is 12.3. The van der Waals surface area contributed by atoms with Crippen LogP contribution >= 0.6 is 15.9 Å². The molecule has 0 aliphatic carbocycles. The average Bonchev–Trinajstić information content (AvgIpc) is 3.62. The van der Waals surface area contributed by atoms with Gasteiger partial charge in [0.15, 0.2) is 11.6 Å². The van der Waals surface area contributed by atoms with E-state index in [1.807, 2.05) is 67.9 Å². The Labute approximate surface area is 260 Å². The Kier molecular flexibility index (Phi) is 8.64. The summed E-state index contributed by atoms with van der Waals surface area (Å²) in [6, 6.07) is 19.2. The number of terminal acetylenes is 1. The van der Waals surface area contributed by atoms with E-state index >= 15 is 4.39 Å². The second-order valence-electron chi connectivity index (χ2n) is 11.4. The molecule has 0 radical (unpaired) electrons. The average molecular weight is 641 g/mol. The summed E-state index contributed by atoms with van der Waals surface area (Å²) in [5.74, 6) is 3.64. The molecule has 0 aliphatic rings. The SMILES string of the molecule is C#CC(C)(C)OCCCC(C)(c1cccc(Br)c1)c1cn(C)c(-c2cccc(Oc3c(F)cc4[nH]ccc4c3C=C)c2)n1. The van der Waals surface area contributed by atoms with Gasteiger partial charge in [-0.05, 0) is 69.5 Å². The predicted octanol–water partition coefficient (Wildman–Crippen LogP) is 9.42. The number of benzene rings is 3. The van der Waals surface area contributed by atoms with Gasteiger partial charge in [-0.25, -0.2) is 9.37 Å². The van der Waals surface area contributed by atoms with Gasteiger partial charge < -0.3 is 19.0 Å². The first-order chi connectivity index (χ1) is 20.5. The van der Waals surface area contributed by atoms with Gasteiger partial charge in [-0.1, -0.05) is 58.8 Å². The molecular weight excluding hydrogens is 605 g/mol. The molecule has 5 rings (SSSR count). The van der Waals surface area contributed by atoms with Crippen LogP contribution in [0.25, 0.3) is 28.4 Å². The number of aryl methyl sites for hydroxylation is 1. The highest BCUT2D eigenvalue weighted by atomic mass is 79.9. The quantitative estimate of drug-likeness (QED) is 0.116. The standard InChI is InChI=1S/C36H35BrFN3O2/c1-7-28-29-16-18-39-31(29)22-30(38)33(28)43-27-15-9-12-24(20-27)34-40-32(23-41(34)6)36(5,25-13-10-14-26(37)21-25)17-11-19-42-35(3,4)8-2/h2,7,9-10,12-16,18,20-23,39H,1,11,17,19H2,3-6H3. The topological polar surface area (TPSA) is 52.1 Å². The molecule has 0 saturated carbocycles. The van der Waals surface area contributed by atoms with Gasteiger partial charge in [0.25, 0.3) is 0 Å². The minimum atomic E-state index is -0.611. The van der Waals surface area contributed by atoms with Gasteiger partial charge >= 0.3 is 0 Å². The van der Waals surface area contributed by atoms with E-state index in [9.17, 15) is 0 Å². The summed E-state index contributed by atoms with van der Waals surface area (Å²) in [7, 11) is 1.98. The van der Waals surface area contributed by atoms with Crippen LogP contribution in [0.1, 0.15) is 50.4 Å². The highest BCUT2D eigenvalue weighted by molar-refractivity contribution is 9.10. The fourth-order valence-electron chi connectivity index (χ4n) is 5.35. The summed E-state index contributed by atoms with van der Waals surface area (Å²) < 4.78 is 30.2. The molecule has 2 aromatic heterocycles. The molecule has 0 fully saturated rings. The molecule has 1 atom stereocenters. The van der Waals surface area contributed by atoms with Crippen molar-refractivity contribution >= 4 is 32.9 Å². The third kappa shape index (κ3) is 6.31. The largest absolute Gasteiger partial charge is 0.454 e. The predicted molar refractivity (Wildman–Crippen MR) is 176 cm³/mol. The molecule has 0 spiro atoms. The summed E-state index contributed by atoms with van der Waals surface area (Å²) in [5.41, 5.74) is 3.21. The van der Waals surface area contributed by atoms with Gasteiger partial charge in [0.05, 0.1) is 5.69 Å². The maximum Gasteiger partial charge on any atom is 0.170 e. The second kappa shape index (κ2) is 12.2. The lowest BCUT2D eigenvalue weighted by Crippen LogP contribution is -2.27. The zero-order valence-electron chi connectivity index (χ0n) is 24.9. The molecule has 5 nitrogen and oxygen atoms in total. The zero-order chi connectivity index (χ0) is 30.8. The molecule has 1 unspecified atom stereocenters. The monoisotopic (exact) mass is 639 g/mol. The first-order valence-corrected chi connectivity index (χ1v) is 15.0. The van der Waals surface area contributed by atoms with Gasteiger partial charge in [-0.3, -0.25) is 0 Å². The molecule has 0 saturated heterocycles. The van der Waals surface area contributed by atoms with Crippen molar-refractivity contribution in [2.24, 2.45) is 7.05 Å². The van der Waals surface area contributed by atoms with Crippen LogP contribution in [0, 0.1) is 18.2 Å². The fraction of sp³-hybridized carbons (Fsp3) is 0.250. The van der Waals surface area contributed by atoms with E-state index < -0.39 is 16.8 Å². The number of imidazole rings is 1. The highest BCUT2D eigenvalue weighted by Crippen LogP contribution is 2.39. The molecule has 5 aromatic rings.